The van der Waals surface area contributed by atoms with Gasteiger partial charge in [-0.2, -0.15) is 0 Å². The van der Waals surface area contributed by atoms with Crippen molar-refractivity contribution in [1.29, 1.82) is 0 Å². The fourth-order valence-corrected chi connectivity index (χ4v) is 2.92. The third-order valence-electron chi connectivity index (χ3n) is 3.99. The lowest BCUT2D eigenvalue weighted by atomic mass is 9.99. The maximum absolute atomic E-state index is 5.30. The van der Waals surface area contributed by atoms with Crippen molar-refractivity contribution in [1.82, 2.24) is 10.2 Å². The van der Waals surface area contributed by atoms with Gasteiger partial charge in [0.25, 0.3) is 0 Å². The Bertz CT molecular complexity index is 381. The summed E-state index contributed by atoms with van der Waals surface area (Å²) in [6, 6.07) is 9.46. The molecule has 3 heteroatoms. The second-order valence-electron chi connectivity index (χ2n) is 5.43. The predicted octanol–water partition coefficient (Wildman–Crippen LogP) is 3.29. The molecule has 0 amide bonds. The van der Waals surface area contributed by atoms with Gasteiger partial charge in [-0.1, -0.05) is 32.4 Å². The Kier molecular flexibility index (Phi) is 7.63. The Morgan fingerprint density at radius 1 is 1.30 bits per heavy atom. The highest BCUT2D eigenvalue weighted by Gasteiger charge is 2.21. The van der Waals surface area contributed by atoms with Crippen LogP contribution in [0.1, 0.15) is 38.7 Å². The van der Waals surface area contributed by atoms with Crippen LogP contribution >= 0.6 is 0 Å². The van der Waals surface area contributed by atoms with Crippen molar-refractivity contribution in [2.75, 3.05) is 21.2 Å². The van der Waals surface area contributed by atoms with Gasteiger partial charge in [0.1, 0.15) is 5.75 Å². The highest BCUT2D eigenvalue weighted by molar-refractivity contribution is 5.28. The van der Waals surface area contributed by atoms with Crippen molar-refractivity contribution in [3.63, 3.8) is 0 Å². The van der Waals surface area contributed by atoms with Crippen LogP contribution < -0.4 is 10.1 Å². The number of nitrogens with zero attached hydrogens (tertiary/aromatic N) is 1. The molecule has 1 aromatic carbocycles. The lowest BCUT2D eigenvalue weighted by Gasteiger charge is -2.34. The molecule has 0 aliphatic rings. The van der Waals surface area contributed by atoms with E-state index in [4.69, 9.17) is 4.74 Å². The largest absolute Gasteiger partial charge is 0.497 e. The van der Waals surface area contributed by atoms with Crippen LogP contribution in [0.5, 0.6) is 5.75 Å². The molecule has 3 nitrogen and oxygen atoms in total. The molecule has 20 heavy (non-hydrogen) atoms. The SMILES string of the molecule is CCCC(NC)C(CC)N(C)Cc1cccc(OC)c1. The van der Waals surface area contributed by atoms with E-state index in [1.165, 1.54) is 18.4 Å². The average Bonchev–Trinajstić information content (AvgIpc) is 2.47. The summed E-state index contributed by atoms with van der Waals surface area (Å²) in [5.74, 6) is 0.933. The molecule has 0 aliphatic carbocycles. The molecule has 0 heterocycles. The number of rotatable bonds is 9. The van der Waals surface area contributed by atoms with Gasteiger partial charge in [-0.05, 0) is 44.6 Å². The highest BCUT2D eigenvalue weighted by atomic mass is 16.5. The fraction of sp³-hybridized carbons (Fsp3) is 0.647. The van der Waals surface area contributed by atoms with Crippen molar-refractivity contribution in [2.45, 2.75) is 51.7 Å². The van der Waals surface area contributed by atoms with E-state index in [1.54, 1.807) is 7.11 Å². The topological polar surface area (TPSA) is 24.5 Å². The number of benzene rings is 1. The summed E-state index contributed by atoms with van der Waals surface area (Å²) >= 11 is 0. The van der Waals surface area contributed by atoms with Crippen LogP contribution in [-0.4, -0.2) is 38.2 Å². The van der Waals surface area contributed by atoms with Gasteiger partial charge in [-0.15, -0.1) is 0 Å². The fourth-order valence-electron chi connectivity index (χ4n) is 2.92. The van der Waals surface area contributed by atoms with Crippen molar-refractivity contribution in [3.05, 3.63) is 29.8 Å². The first kappa shape index (κ1) is 17.0. The third kappa shape index (κ3) is 4.80. The number of likely N-dealkylation sites (N-methyl/N-ethyl adjacent to an activating group) is 2. The predicted molar refractivity (Wildman–Crippen MR) is 86.3 cm³/mol. The van der Waals surface area contributed by atoms with E-state index in [-0.39, 0.29) is 0 Å². The second kappa shape index (κ2) is 8.98. The lowest BCUT2D eigenvalue weighted by Crippen LogP contribution is -2.46. The van der Waals surface area contributed by atoms with Crippen LogP contribution in [0.4, 0.5) is 0 Å². The zero-order valence-electron chi connectivity index (χ0n) is 13.6. The summed E-state index contributed by atoms with van der Waals surface area (Å²) in [7, 11) is 6.01. The molecule has 0 saturated carbocycles. The average molecular weight is 278 g/mol. The Morgan fingerprint density at radius 2 is 2.05 bits per heavy atom. The molecule has 0 radical (unpaired) electrons. The number of hydrogen-bond donors (Lipinski definition) is 1. The molecule has 0 spiro atoms. The zero-order valence-corrected chi connectivity index (χ0v) is 13.6. The van der Waals surface area contributed by atoms with Crippen molar-refractivity contribution >= 4 is 0 Å². The Labute approximate surface area is 124 Å². The Hall–Kier alpha value is -1.06. The summed E-state index contributed by atoms with van der Waals surface area (Å²) in [4.78, 5) is 2.45. The molecule has 114 valence electrons. The first-order chi connectivity index (χ1) is 9.65. The Morgan fingerprint density at radius 3 is 2.60 bits per heavy atom. The van der Waals surface area contributed by atoms with Crippen molar-refractivity contribution in [3.8, 4) is 5.75 Å². The molecule has 2 unspecified atom stereocenters. The van der Waals surface area contributed by atoms with Crippen LogP contribution in [0.25, 0.3) is 0 Å². The van der Waals surface area contributed by atoms with Gasteiger partial charge in [0.2, 0.25) is 0 Å². The van der Waals surface area contributed by atoms with Gasteiger partial charge in [0.05, 0.1) is 7.11 Å². The summed E-state index contributed by atoms with van der Waals surface area (Å²) < 4.78 is 5.30. The normalized spacial score (nSPS) is 14.3. The van der Waals surface area contributed by atoms with E-state index in [0.717, 1.165) is 18.7 Å². The lowest BCUT2D eigenvalue weighted by molar-refractivity contribution is 0.176. The molecule has 1 N–H and O–H groups in total. The minimum Gasteiger partial charge on any atom is -0.497 e. The number of hydrogen-bond acceptors (Lipinski definition) is 3. The zero-order chi connectivity index (χ0) is 15.0. The van der Waals surface area contributed by atoms with Crippen LogP contribution in [0.3, 0.4) is 0 Å². The first-order valence-electron chi connectivity index (χ1n) is 7.66. The van der Waals surface area contributed by atoms with Crippen molar-refractivity contribution in [2.24, 2.45) is 0 Å². The molecule has 1 aromatic rings. The maximum atomic E-state index is 5.30. The number of ether oxygens (including phenoxy) is 1. The van der Waals surface area contributed by atoms with Crippen LogP contribution in [0.2, 0.25) is 0 Å². The standard InChI is InChI=1S/C17H30N2O/c1-6-9-16(18-3)17(7-2)19(4)13-14-10-8-11-15(12-14)20-5/h8,10-12,16-18H,6-7,9,13H2,1-5H3. The van der Waals surface area contributed by atoms with Crippen molar-refractivity contribution < 1.29 is 4.74 Å². The van der Waals surface area contributed by atoms with Crippen LogP contribution in [-0.2, 0) is 6.54 Å². The summed E-state index contributed by atoms with van der Waals surface area (Å²) in [6.07, 6.45) is 3.60. The van der Waals surface area contributed by atoms with Crippen LogP contribution in [0, 0.1) is 0 Å². The highest BCUT2D eigenvalue weighted by Crippen LogP contribution is 2.18. The molecular weight excluding hydrogens is 248 g/mol. The van der Waals surface area contributed by atoms with Gasteiger partial charge in [-0.25, -0.2) is 0 Å². The van der Waals surface area contributed by atoms with Gasteiger partial charge in [-0.3, -0.25) is 4.90 Å². The minimum absolute atomic E-state index is 0.556. The van der Waals surface area contributed by atoms with Gasteiger partial charge in [0.15, 0.2) is 0 Å². The van der Waals surface area contributed by atoms with E-state index < -0.39 is 0 Å². The van der Waals surface area contributed by atoms with E-state index >= 15 is 0 Å². The molecule has 0 saturated heterocycles. The van der Waals surface area contributed by atoms with E-state index in [9.17, 15) is 0 Å². The quantitative estimate of drug-likeness (QED) is 0.750. The first-order valence-corrected chi connectivity index (χ1v) is 7.66. The van der Waals surface area contributed by atoms with Gasteiger partial charge < -0.3 is 10.1 Å². The summed E-state index contributed by atoms with van der Waals surface area (Å²) in [6.45, 7) is 5.48. The van der Waals surface area contributed by atoms with E-state index in [2.05, 4.69) is 56.4 Å². The second-order valence-corrected chi connectivity index (χ2v) is 5.43. The van der Waals surface area contributed by atoms with Gasteiger partial charge >= 0.3 is 0 Å². The smallest absolute Gasteiger partial charge is 0.119 e. The summed E-state index contributed by atoms with van der Waals surface area (Å²) in [5, 5.41) is 3.48. The molecular formula is C17H30N2O. The maximum Gasteiger partial charge on any atom is 0.119 e. The monoisotopic (exact) mass is 278 g/mol. The van der Waals surface area contributed by atoms with Gasteiger partial charge in [0, 0.05) is 18.6 Å². The van der Waals surface area contributed by atoms with E-state index in [1.807, 2.05) is 6.07 Å². The molecule has 0 aliphatic heterocycles. The van der Waals surface area contributed by atoms with E-state index in [0.29, 0.717) is 12.1 Å². The third-order valence-corrected chi connectivity index (χ3v) is 3.99. The Balaban J connectivity index is 2.72. The number of nitrogens with one attached hydrogen (secondary N) is 1. The van der Waals surface area contributed by atoms with Crippen LogP contribution in [0.15, 0.2) is 24.3 Å². The molecule has 2 atom stereocenters. The number of methoxy groups -OCH3 is 1. The summed E-state index contributed by atoms with van der Waals surface area (Å²) in [5.41, 5.74) is 1.30. The molecule has 0 fully saturated rings. The molecule has 0 bridgehead atoms. The minimum atomic E-state index is 0.556. The molecule has 1 rings (SSSR count). The molecule has 0 aromatic heterocycles.